The molecule has 1 fully saturated rings. The van der Waals surface area contributed by atoms with Crippen LogP contribution in [-0.4, -0.2) is 36.2 Å². The Bertz CT molecular complexity index is 425. The second-order valence-electron chi connectivity index (χ2n) is 6.14. The first kappa shape index (κ1) is 15.3. The Kier molecular flexibility index (Phi) is 5.44. The molecular formula is C17H28N2O. The first-order valence-electron chi connectivity index (χ1n) is 7.89. The zero-order valence-corrected chi connectivity index (χ0v) is 13.0. The van der Waals surface area contributed by atoms with Gasteiger partial charge in [0.25, 0.3) is 0 Å². The fraction of sp³-hybridized carbons (Fsp3) is 0.647. The van der Waals surface area contributed by atoms with E-state index in [9.17, 15) is 5.11 Å². The summed E-state index contributed by atoms with van der Waals surface area (Å²) in [6.07, 6.45) is 1.98. The summed E-state index contributed by atoms with van der Waals surface area (Å²) in [6, 6.07) is 6.55. The van der Waals surface area contributed by atoms with E-state index in [2.05, 4.69) is 43.1 Å². The summed E-state index contributed by atoms with van der Waals surface area (Å²) in [5.41, 5.74) is 2.17. The van der Waals surface area contributed by atoms with Crippen LogP contribution >= 0.6 is 0 Å². The number of aromatic hydroxyl groups is 1. The van der Waals surface area contributed by atoms with Crippen molar-refractivity contribution >= 4 is 0 Å². The van der Waals surface area contributed by atoms with Crippen molar-refractivity contribution in [1.29, 1.82) is 0 Å². The molecule has 3 heteroatoms. The number of piperazine rings is 1. The van der Waals surface area contributed by atoms with Crippen LogP contribution in [0.1, 0.15) is 44.4 Å². The predicted molar refractivity (Wildman–Crippen MR) is 84.1 cm³/mol. The molecule has 1 heterocycles. The number of benzene rings is 1. The topological polar surface area (TPSA) is 35.5 Å². The standard InChI is InChI=1S/C17H28N2O/c1-4-14-6-5-7-15(17(14)20)16(12-13(2)3)19-10-8-18-9-11-19/h5-7,13,16,18,20H,4,8-12H2,1-3H3/t16-/m0/s1. The normalized spacial score (nSPS) is 18.4. The lowest BCUT2D eigenvalue weighted by molar-refractivity contribution is 0.151. The van der Waals surface area contributed by atoms with E-state index >= 15 is 0 Å². The molecule has 1 aromatic rings. The fourth-order valence-electron chi connectivity index (χ4n) is 3.08. The molecule has 0 saturated carbocycles. The minimum atomic E-state index is 0.337. The first-order valence-corrected chi connectivity index (χ1v) is 7.89. The largest absolute Gasteiger partial charge is 0.507 e. The van der Waals surface area contributed by atoms with Crippen LogP contribution in [0.3, 0.4) is 0 Å². The van der Waals surface area contributed by atoms with Crippen molar-refractivity contribution in [3.63, 3.8) is 0 Å². The third-order valence-electron chi connectivity index (χ3n) is 4.18. The number of nitrogens with zero attached hydrogens (tertiary/aromatic N) is 1. The van der Waals surface area contributed by atoms with Gasteiger partial charge in [-0.15, -0.1) is 0 Å². The molecule has 1 aliphatic heterocycles. The van der Waals surface area contributed by atoms with E-state index in [1.165, 1.54) is 0 Å². The second-order valence-corrected chi connectivity index (χ2v) is 6.14. The lowest BCUT2D eigenvalue weighted by Crippen LogP contribution is -2.45. The van der Waals surface area contributed by atoms with Gasteiger partial charge in [0.1, 0.15) is 5.75 Å². The van der Waals surface area contributed by atoms with Gasteiger partial charge in [0, 0.05) is 37.8 Å². The van der Waals surface area contributed by atoms with Gasteiger partial charge in [-0.1, -0.05) is 39.0 Å². The Balaban J connectivity index is 2.30. The van der Waals surface area contributed by atoms with Gasteiger partial charge in [-0.05, 0) is 24.3 Å². The van der Waals surface area contributed by atoms with E-state index in [-0.39, 0.29) is 0 Å². The van der Waals surface area contributed by atoms with Gasteiger partial charge in [0.15, 0.2) is 0 Å². The van der Waals surface area contributed by atoms with Gasteiger partial charge in [-0.2, -0.15) is 0 Å². The number of rotatable bonds is 5. The smallest absolute Gasteiger partial charge is 0.123 e. The van der Waals surface area contributed by atoms with Crippen LogP contribution in [0, 0.1) is 5.92 Å². The van der Waals surface area contributed by atoms with Gasteiger partial charge in [-0.25, -0.2) is 0 Å². The summed E-state index contributed by atoms with van der Waals surface area (Å²) >= 11 is 0. The molecule has 0 unspecified atom stereocenters. The molecule has 112 valence electrons. The maximum Gasteiger partial charge on any atom is 0.123 e. The Morgan fingerprint density at radius 2 is 1.95 bits per heavy atom. The van der Waals surface area contributed by atoms with E-state index in [1.807, 2.05) is 6.07 Å². The van der Waals surface area contributed by atoms with Crippen LogP contribution < -0.4 is 5.32 Å². The molecule has 0 spiro atoms. The highest BCUT2D eigenvalue weighted by Crippen LogP contribution is 2.35. The number of hydrogen-bond acceptors (Lipinski definition) is 3. The van der Waals surface area contributed by atoms with Crippen molar-refractivity contribution < 1.29 is 5.11 Å². The summed E-state index contributed by atoms with van der Waals surface area (Å²) in [6.45, 7) is 10.8. The summed E-state index contributed by atoms with van der Waals surface area (Å²) in [5, 5.41) is 14.0. The third kappa shape index (κ3) is 3.53. The van der Waals surface area contributed by atoms with Crippen LogP contribution in [0.25, 0.3) is 0 Å². The molecule has 2 rings (SSSR count). The molecule has 0 radical (unpaired) electrons. The monoisotopic (exact) mass is 276 g/mol. The molecule has 0 amide bonds. The van der Waals surface area contributed by atoms with Crippen molar-refractivity contribution in [2.24, 2.45) is 5.92 Å². The average molecular weight is 276 g/mol. The van der Waals surface area contributed by atoms with Crippen LogP contribution in [0.15, 0.2) is 18.2 Å². The van der Waals surface area contributed by atoms with Crippen LogP contribution in [0.5, 0.6) is 5.75 Å². The molecule has 20 heavy (non-hydrogen) atoms. The quantitative estimate of drug-likeness (QED) is 0.868. The van der Waals surface area contributed by atoms with E-state index in [0.29, 0.717) is 17.7 Å². The van der Waals surface area contributed by atoms with Crippen molar-refractivity contribution in [3.05, 3.63) is 29.3 Å². The van der Waals surface area contributed by atoms with Gasteiger partial charge >= 0.3 is 0 Å². The van der Waals surface area contributed by atoms with Gasteiger partial charge in [0.2, 0.25) is 0 Å². The SMILES string of the molecule is CCc1cccc([C@H](CC(C)C)N2CCNCC2)c1O. The zero-order valence-electron chi connectivity index (χ0n) is 13.0. The third-order valence-corrected chi connectivity index (χ3v) is 4.18. The maximum absolute atomic E-state index is 10.6. The molecule has 3 nitrogen and oxygen atoms in total. The number of nitrogens with one attached hydrogen (secondary N) is 1. The van der Waals surface area contributed by atoms with Crippen molar-refractivity contribution in [1.82, 2.24) is 10.2 Å². The number of phenols is 1. The van der Waals surface area contributed by atoms with Crippen molar-refractivity contribution in [2.75, 3.05) is 26.2 Å². The molecular weight excluding hydrogens is 248 g/mol. The molecule has 0 bridgehead atoms. The summed E-state index contributed by atoms with van der Waals surface area (Å²) < 4.78 is 0. The van der Waals surface area contributed by atoms with E-state index in [1.54, 1.807) is 0 Å². The molecule has 2 N–H and O–H groups in total. The van der Waals surface area contributed by atoms with E-state index < -0.39 is 0 Å². The first-order chi connectivity index (χ1) is 9.63. The van der Waals surface area contributed by atoms with Gasteiger partial charge < -0.3 is 10.4 Å². The fourth-order valence-corrected chi connectivity index (χ4v) is 3.08. The zero-order chi connectivity index (χ0) is 14.5. The number of phenolic OH excluding ortho intramolecular Hbond substituents is 1. The molecule has 0 aromatic heterocycles. The molecule has 1 atom stereocenters. The minimum Gasteiger partial charge on any atom is -0.507 e. The second kappa shape index (κ2) is 7.09. The summed E-state index contributed by atoms with van der Waals surface area (Å²) in [5.74, 6) is 1.14. The van der Waals surface area contributed by atoms with Crippen LogP contribution in [-0.2, 0) is 6.42 Å². The molecule has 1 saturated heterocycles. The Labute approximate surface area is 123 Å². The van der Waals surface area contributed by atoms with E-state index in [0.717, 1.165) is 50.1 Å². The molecule has 1 aromatic carbocycles. The maximum atomic E-state index is 10.6. The highest BCUT2D eigenvalue weighted by atomic mass is 16.3. The number of hydrogen-bond donors (Lipinski definition) is 2. The molecule has 1 aliphatic rings. The predicted octanol–water partition coefficient (Wildman–Crippen LogP) is 2.95. The highest BCUT2D eigenvalue weighted by molar-refractivity contribution is 5.42. The Hall–Kier alpha value is -1.06. The Morgan fingerprint density at radius 3 is 2.55 bits per heavy atom. The minimum absolute atomic E-state index is 0.337. The number of para-hydroxylation sites is 1. The van der Waals surface area contributed by atoms with Crippen LogP contribution in [0.2, 0.25) is 0 Å². The summed E-state index contributed by atoms with van der Waals surface area (Å²) in [7, 11) is 0. The summed E-state index contributed by atoms with van der Waals surface area (Å²) in [4.78, 5) is 2.52. The average Bonchev–Trinajstić information content (AvgIpc) is 2.46. The van der Waals surface area contributed by atoms with E-state index in [4.69, 9.17) is 0 Å². The highest BCUT2D eigenvalue weighted by Gasteiger charge is 2.25. The van der Waals surface area contributed by atoms with Crippen molar-refractivity contribution in [3.8, 4) is 5.75 Å². The van der Waals surface area contributed by atoms with Gasteiger partial charge in [-0.3, -0.25) is 4.90 Å². The lowest BCUT2D eigenvalue weighted by Gasteiger charge is -2.36. The van der Waals surface area contributed by atoms with Crippen LogP contribution in [0.4, 0.5) is 0 Å². The molecule has 0 aliphatic carbocycles. The lowest BCUT2D eigenvalue weighted by atomic mass is 9.92. The Morgan fingerprint density at radius 1 is 1.25 bits per heavy atom. The van der Waals surface area contributed by atoms with Gasteiger partial charge in [0.05, 0.1) is 0 Å². The van der Waals surface area contributed by atoms with Crippen molar-refractivity contribution in [2.45, 2.75) is 39.7 Å². The number of aryl methyl sites for hydroxylation is 1.